The summed E-state index contributed by atoms with van der Waals surface area (Å²) in [6.45, 7) is 3.04. The first-order chi connectivity index (χ1) is 13.1. The number of hydrogen-bond donors (Lipinski definition) is 0. The highest BCUT2D eigenvalue weighted by Gasteiger charge is 2.40. The molecule has 5 heteroatoms. The van der Waals surface area contributed by atoms with Crippen LogP contribution in [0, 0.1) is 22.0 Å². The monoisotopic (exact) mass is 367 g/mol. The molecule has 0 aliphatic heterocycles. The van der Waals surface area contributed by atoms with Crippen LogP contribution < -0.4 is 0 Å². The summed E-state index contributed by atoms with van der Waals surface area (Å²) < 4.78 is 12.0. The minimum Gasteiger partial charge on any atom is -0.376 e. The van der Waals surface area contributed by atoms with Crippen LogP contribution in [0.1, 0.15) is 18.1 Å². The van der Waals surface area contributed by atoms with Gasteiger partial charge in [-0.1, -0.05) is 72.8 Å². The number of rotatable bonds is 9. The summed E-state index contributed by atoms with van der Waals surface area (Å²) in [5.74, 6) is -0.269. The molecule has 0 radical (unpaired) electrons. The summed E-state index contributed by atoms with van der Waals surface area (Å²) in [6, 6.07) is 19.2. The summed E-state index contributed by atoms with van der Waals surface area (Å²) in [5.41, 5.74) is 2.17. The SMILES string of the molecule is CC([C@@H]1C=C[C@H](OCc2ccccc2)[C@H]1COCc1ccccc1)[N+](=O)[O-]. The van der Waals surface area contributed by atoms with Gasteiger partial charge in [0.05, 0.1) is 31.8 Å². The Morgan fingerprint density at radius 2 is 1.56 bits per heavy atom. The zero-order valence-electron chi connectivity index (χ0n) is 15.4. The highest BCUT2D eigenvalue weighted by Crippen LogP contribution is 2.32. The number of nitrogens with zero attached hydrogens (tertiary/aromatic N) is 1. The predicted octanol–water partition coefficient (Wildman–Crippen LogP) is 4.26. The van der Waals surface area contributed by atoms with Gasteiger partial charge in [-0.2, -0.15) is 0 Å². The van der Waals surface area contributed by atoms with Gasteiger partial charge in [-0.25, -0.2) is 0 Å². The van der Waals surface area contributed by atoms with Gasteiger partial charge in [-0.05, 0) is 11.1 Å². The normalized spacial score (nSPS) is 22.6. The summed E-state index contributed by atoms with van der Waals surface area (Å²) in [7, 11) is 0. The zero-order chi connectivity index (χ0) is 19.1. The van der Waals surface area contributed by atoms with E-state index < -0.39 is 6.04 Å². The summed E-state index contributed by atoms with van der Waals surface area (Å²) in [5, 5.41) is 11.3. The molecule has 1 unspecified atom stereocenters. The van der Waals surface area contributed by atoms with Gasteiger partial charge < -0.3 is 9.47 Å². The van der Waals surface area contributed by atoms with Gasteiger partial charge in [-0.15, -0.1) is 0 Å². The zero-order valence-corrected chi connectivity index (χ0v) is 15.4. The Morgan fingerprint density at radius 3 is 2.15 bits per heavy atom. The number of benzene rings is 2. The van der Waals surface area contributed by atoms with Crippen LogP contribution in [0.2, 0.25) is 0 Å². The largest absolute Gasteiger partial charge is 0.376 e. The fourth-order valence-electron chi connectivity index (χ4n) is 3.44. The molecule has 0 aromatic heterocycles. The first-order valence-corrected chi connectivity index (χ1v) is 9.24. The standard InChI is InChI=1S/C22H25NO4/c1-17(23(24)25)20-12-13-22(27-15-19-10-6-3-7-11-19)21(20)16-26-14-18-8-4-2-5-9-18/h2-13,17,20-22H,14-16H2,1H3/t17?,20-,21-,22-/m0/s1. The number of hydrogen-bond acceptors (Lipinski definition) is 4. The lowest BCUT2D eigenvalue weighted by Gasteiger charge is -2.26. The van der Waals surface area contributed by atoms with Crippen LogP contribution in [-0.2, 0) is 22.7 Å². The minimum absolute atomic E-state index is 0.0715. The summed E-state index contributed by atoms with van der Waals surface area (Å²) >= 11 is 0. The van der Waals surface area contributed by atoms with Crippen molar-refractivity contribution in [3.63, 3.8) is 0 Å². The maximum absolute atomic E-state index is 11.3. The quantitative estimate of drug-likeness (QED) is 0.377. The predicted molar refractivity (Wildman–Crippen MR) is 104 cm³/mol. The van der Waals surface area contributed by atoms with E-state index in [9.17, 15) is 10.1 Å². The van der Waals surface area contributed by atoms with Crippen LogP contribution in [0.5, 0.6) is 0 Å². The van der Waals surface area contributed by atoms with Crippen molar-refractivity contribution in [3.05, 3.63) is 94.1 Å². The van der Waals surface area contributed by atoms with Gasteiger partial charge >= 0.3 is 0 Å². The van der Waals surface area contributed by atoms with E-state index in [1.165, 1.54) is 0 Å². The van der Waals surface area contributed by atoms with Crippen LogP contribution >= 0.6 is 0 Å². The molecule has 2 aromatic rings. The van der Waals surface area contributed by atoms with Crippen molar-refractivity contribution >= 4 is 0 Å². The van der Waals surface area contributed by atoms with Gasteiger partial charge in [0.1, 0.15) is 0 Å². The van der Waals surface area contributed by atoms with Crippen LogP contribution in [-0.4, -0.2) is 23.7 Å². The third kappa shape index (κ3) is 5.25. The fraction of sp³-hybridized carbons (Fsp3) is 0.364. The van der Waals surface area contributed by atoms with E-state index >= 15 is 0 Å². The maximum Gasteiger partial charge on any atom is 0.217 e. The van der Waals surface area contributed by atoms with E-state index in [0.29, 0.717) is 19.8 Å². The maximum atomic E-state index is 11.3. The molecular weight excluding hydrogens is 342 g/mol. The molecule has 4 atom stereocenters. The lowest BCUT2D eigenvalue weighted by atomic mass is 9.89. The Morgan fingerprint density at radius 1 is 0.963 bits per heavy atom. The topological polar surface area (TPSA) is 61.6 Å². The molecule has 1 aliphatic carbocycles. The summed E-state index contributed by atoms with van der Waals surface area (Å²) in [6.07, 6.45) is 3.68. The molecule has 2 aromatic carbocycles. The first-order valence-electron chi connectivity index (χ1n) is 9.24. The Balaban J connectivity index is 1.62. The highest BCUT2D eigenvalue weighted by molar-refractivity contribution is 5.15. The van der Waals surface area contributed by atoms with Crippen LogP contribution in [0.3, 0.4) is 0 Å². The smallest absolute Gasteiger partial charge is 0.217 e. The second-order valence-corrected chi connectivity index (χ2v) is 6.91. The van der Waals surface area contributed by atoms with Crippen LogP contribution in [0.25, 0.3) is 0 Å². The third-order valence-electron chi connectivity index (χ3n) is 5.04. The second kappa shape index (κ2) is 9.44. The van der Waals surface area contributed by atoms with E-state index in [1.54, 1.807) is 6.92 Å². The lowest BCUT2D eigenvalue weighted by Crippen LogP contribution is -2.36. The summed E-state index contributed by atoms with van der Waals surface area (Å²) in [4.78, 5) is 11.1. The minimum atomic E-state index is -0.670. The fourth-order valence-corrected chi connectivity index (χ4v) is 3.44. The van der Waals surface area contributed by atoms with Crippen molar-refractivity contribution in [2.75, 3.05) is 6.61 Å². The molecule has 0 fully saturated rings. The Bertz CT molecular complexity index is 747. The van der Waals surface area contributed by atoms with Crippen molar-refractivity contribution in [1.29, 1.82) is 0 Å². The molecule has 0 bridgehead atoms. The Kier molecular flexibility index (Phi) is 6.74. The average molecular weight is 367 g/mol. The molecule has 0 spiro atoms. The molecule has 0 saturated heterocycles. The van der Waals surface area contributed by atoms with Crippen molar-refractivity contribution in [1.82, 2.24) is 0 Å². The van der Waals surface area contributed by atoms with E-state index in [4.69, 9.17) is 9.47 Å². The number of ether oxygens (including phenoxy) is 2. The highest BCUT2D eigenvalue weighted by atomic mass is 16.6. The van der Waals surface area contributed by atoms with Crippen molar-refractivity contribution < 1.29 is 14.4 Å². The average Bonchev–Trinajstić information content (AvgIpc) is 3.10. The van der Waals surface area contributed by atoms with Gasteiger partial charge in [0.25, 0.3) is 0 Å². The third-order valence-corrected chi connectivity index (χ3v) is 5.04. The van der Waals surface area contributed by atoms with E-state index in [1.807, 2.05) is 72.8 Å². The first kappa shape index (κ1) is 19.3. The molecule has 0 N–H and O–H groups in total. The van der Waals surface area contributed by atoms with Crippen molar-refractivity contribution in [2.45, 2.75) is 32.3 Å². The van der Waals surface area contributed by atoms with Gasteiger partial charge in [-0.3, -0.25) is 10.1 Å². The molecule has 27 heavy (non-hydrogen) atoms. The van der Waals surface area contributed by atoms with E-state index in [-0.39, 0.29) is 22.9 Å². The molecule has 0 amide bonds. The lowest BCUT2D eigenvalue weighted by molar-refractivity contribution is -0.527. The van der Waals surface area contributed by atoms with E-state index in [2.05, 4.69) is 0 Å². The molecule has 142 valence electrons. The van der Waals surface area contributed by atoms with Crippen LogP contribution in [0.4, 0.5) is 0 Å². The van der Waals surface area contributed by atoms with Gasteiger partial charge in [0.2, 0.25) is 6.04 Å². The molecule has 3 rings (SSSR count). The second-order valence-electron chi connectivity index (χ2n) is 6.91. The van der Waals surface area contributed by atoms with Gasteiger partial charge in [0.15, 0.2) is 0 Å². The molecule has 1 aliphatic rings. The molecule has 0 saturated carbocycles. The number of nitro groups is 1. The van der Waals surface area contributed by atoms with Crippen molar-refractivity contribution in [3.8, 4) is 0 Å². The molecule has 0 heterocycles. The molecule has 5 nitrogen and oxygen atoms in total. The molecular formula is C22H25NO4. The van der Waals surface area contributed by atoms with Crippen molar-refractivity contribution in [2.24, 2.45) is 11.8 Å². The van der Waals surface area contributed by atoms with Crippen LogP contribution in [0.15, 0.2) is 72.8 Å². The van der Waals surface area contributed by atoms with Gasteiger partial charge in [0, 0.05) is 17.8 Å². The van der Waals surface area contributed by atoms with E-state index in [0.717, 1.165) is 11.1 Å². The Labute approximate surface area is 159 Å². The Hall–Kier alpha value is -2.50.